The van der Waals surface area contributed by atoms with Crippen molar-refractivity contribution in [3.8, 4) is 0 Å². The molecule has 24 heavy (non-hydrogen) atoms. The highest BCUT2D eigenvalue weighted by molar-refractivity contribution is 7.99. The fraction of sp³-hybridized carbons (Fsp3) is 0.800. The number of unbranched alkanes of at least 4 members (excludes halogenated alkanes) is 1. The van der Waals surface area contributed by atoms with Gasteiger partial charge in [0.25, 0.3) is 0 Å². The summed E-state index contributed by atoms with van der Waals surface area (Å²) >= 11 is 1.70. The van der Waals surface area contributed by atoms with E-state index in [1.54, 1.807) is 11.8 Å². The van der Waals surface area contributed by atoms with E-state index in [4.69, 9.17) is 4.74 Å². The molecule has 1 rings (SSSR count). The molecule has 0 amide bonds. The van der Waals surface area contributed by atoms with Crippen molar-refractivity contribution in [1.29, 1.82) is 0 Å². The first kappa shape index (κ1) is 21.3. The third kappa shape index (κ3) is 7.00. The van der Waals surface area contributed by atoms with E-state index in [-0.39, 0.29) is 22.6 Å². The maximum atomic E-state index is 12.8. The molecule has 0 aromatic heterocycles. The number of rotatable bonds is 10. The lowest BCUT2D eigenvalue weighted by Gasteiger charge is -2.39. The summed E-state index contributed by atoms with van der Waals surface area (Å²) in [6, 6.07) is 0. The van der Waals surface area contributed by atoms with Gasteiger partial charge in [0.2, 0.25) is 0 Å². The van der Waals surface area contributed by atoms with Crippen LogP contribution in [-0.2, 0) is 14.3 Å². The molecule has 3 nitrogen and oxygen atoms in total. The summed E-state index contributed by atoms with van der Waals surface area (Å²) in [5.74, 6) is 1.38. The number of thioether (sulfide) groups is 1. The van der Waals surface area contributed by atoms with Crippen molar-refractivity contribution >= 4 is 23.5 Å². The SMILES string of the molecule is CCCCOC(=O)CCSC(C)CC(=O)C1C(C)C=CCC1(C)C. The number of esters is 1. The van der Waals surface area contributed by atoms with E-state index in [0.29, 0.717) is 31.1 Å². The Balaban J connectivity index is 2.34. The van der Waals surface area contributed by atoms with Gasteiger partial charge in [0.05, 0.1) is 13.0 Å². The molecule has 138 valence electrons. The van der Waals surface area contributed by atoms with Crippen molar-refractivity contribution in [2.45, 2.75) is 72.0 Å². The minimum atomic E-state index is -0.123. The van der Waals surface area contributed by atoms with Crippen LogP contribution in [0.3, 0.4) is 0 Å². The molecule has 3 atom stereocenters. The van der Waals surface area contributed by atoms with Gasteiger partial charge >= 0.3 is 5.97 Å². The lowest BCUT2D eigenvalue weighted by Crippen LogP contribution is -2.38. The second-order valence-corrected chi connectivity index (χ2v) is 9.18. The summed E-state index contributed by atoms with van der Waals surface area (Å²) in [5, 5.41) is 0.245. The van der Waals surface area contributed by atoms with Gasteiger partial charge < -0.3 is 4.74 Å². The second kappa shape index (κ2) is 10.3. The van der Waals surface area contributed by atoms with Gasteiger partial charge in [-0.15, -0.1) is 0 Å². The van der Waals surface area contributed by atoms with Crippen LogP contribution in [0.15, 0.2) is 12.2 Å². The maximum Gasteiger partial charge on any atom is 0.306 e. The smallest absolute Gasteiger partial charge is 0.306 e. The third-order valence-electron chi connectivity index (χ3n) is 4.76. The molecule has 0 spiro atoms. The molecule has 0 radical (unpaired) electrons. The van der Waals surface area contributed by atoms with Crippen LogP contribution in [0, 0.1) is 17.3 Å². The molecule has 0 saturated heterocycles. The zero-order valence-corrected chi connectivity index (χ0v) is 16.8. The van der Waals surface area contributed by atoms with Crippen molar-refractivity contribution < 1.29 is 14.3 Å². The highest BCUT2D eigenvalue weighted by Crippen LogP contribution is 2.42. The van der Waals surface area contributed by atoms with Gasteiger partial charge in [-0.2, -0.15) is 11.8 Å². The number of carbonyl (C=O) groups is 2. The van der Waals surface area contributed by atoms with E-state index in [1.807, 2.05) is 0 Å². The van der Waals surface area contributed by atoms with Crippen LogP contribution >= 0.6 is 11.8 Å². The Morgan fingerprint density at radius 3 is 2.71 bits per heavy atom. The van der Waals surface area contributed by atoms with Crippen LogP contribution < -0.4 is 0 Å². The number of ketones is 1. The number of hydrogen-bond donors (Lipinski definition) is 0. The lowest BCUT2D eigenvalue weighted by atomic mass is 9.65. The van der Waals surface area contributed by atoms with Crippen LogP contribution in [0.4, 0.5) is 0 Å². The monoisotopic (exact) mass is 354 g/mol. The molecule has 0 aliphatic heterocycles. The Morgan fingerprint density at radius 1 is 1.38 bits per heavy atom. The van der Waals surface area contributed by atoms with Gasteiger partial charge in [0.1, 0.15) is 5.78 Å². The molecule has 0 saturated carbocycles. The first-order valence-corrected chi connectivity index (χ1v) is 10.3. The fourth-order valence-electron chi connectivity index (χ4n) is 3.48. The average molecular weight is 355 g/mol. The fourth-order valence-corrected chi connectivity index (χ4v) is 4.45. The van der Waals surface area contributed by atoms with Gasteiger partial charge in [-0.1, -0.05) is 53.2 Å². The molecule has 0 bridgehead atoms. The number of allylic oxidation sites excluding steroid dienone is 2. The van der Waals surface area contributed by atoms with E-state index < -0.39 is 0 Å². The van der Waals surface area contributed by atoms with E-state index in [2.05, 4.69) is 46.8 Å². The third-order valence-corrected chi connectivity index (χ3v) is 5.93. The second-order valence-electron chi connectivity index (χ2n) is 7.63. The van der Waals surface area contributed by atoms with Crippen molar-refractivity contribution in [2.24, 2.45) is 17.3 Å². The van der Waals surface area contributed by atoms with E-state index in [1.165, 1.54) is 0 Å². The Kier molecular flexibility index (Phi) is 9.11. The highest BCUT2D eigenvalue weighted by Gasteiger charge is 2.39. The number of Topliss-reactive ketones (excluding diaryl/α,β-unsaturated/α-hetero) is 1. The van der Waals surface area contributed by atoms with Crippen molar-refractivity contribution in [1.82, 2.24) is 0 Å². The Labute approximate surface area is 152 Å². The largest absolute Gasteiger partial charge is 0.466 e. The normalized spacial score (nSPS) is 23.7. The van der Waals surface area contributed by atoms with Gasteiger partial charge in [-0.05, 0) is 24.2 Å². The molecule has 0 aromatic rings. The summed E-state index contributed by atoms with van der Waals surface area (Å²) in [6.45, 7) is 11.2. The zero-order chi connectivity index (χ0) is 18.2. The Morgan fingerprint density at radius 2 is 2.08 bits per heavy atom. The number of carbonyl (C=O) groups excluding carboxylic acids is 2. The van der Waals surface area contributed by atoms with Gasteiger partial charge in [-0.3, -0.25) is 9.59 Å². The van der Waals surface area contributed by atoms with Gasteiger partial charge in [-0.25, -0.2) is 0 Å². The minimum absolute atomic E-state index is 0.0404. The average Bonchev–Trinajstić information content (AvgIpc) is 2.46. The van der Waals surface area contributed by atoms with E-state index >= 15 is 0 Å². The topological polar surface area (TPSA) is 43.4 Å². The summed E-state index contributed by atoms with van der Waals surface area (Å²) in [4.78, 5) is 24.4. The first-order valence-electron chi connectivity index (χ1n) is 9.24. The van der Waals surface area contributed by atoms with Crippen LogP contribution in [0.25, 0.3) is 0 Å². The molecule has 0 aromatic carbocycles. The van der Waals surface area contributed by atoms with Gasteiger partial charge in [0.15, 0.2) is 0 Å². The quantitative estimate of drug-likeness (QED) is 0.313. The molecule has 1 aliphatic rings. The first-order chi connectivity index (χ1) is 11.3. The molecule has 4 heteroatoms. The Hall–Kier alpha value is -0.770. The van der Waals surface area contributed by atoms with Crippen LogP contribution in [0.5, 0.6) is 0 Å². The van der Waals surface area contributed by atoms with Crippen molar-refractivity contribution in [2.75, 3.05) is 12.4 Å². The lowest BCUT2D eigenvalue weighted by molar-refractivity contribution is -0.143. The highest BCUT2D eigenvalue weighted by atomic mass is 32.2. The predicted octanol–water partition coefficient (Wildman–Crippen LogP) is 5.04. The molecular formula is C20H34O3S. The maximum absolute atomic E-state index is 12.8. The molecule has 1 aliphatic carbocycles. The van der Waals surface area contributed by atoms with Gasteiger partial charge in [0, 0.05) is 23.3 Å². The summed E-state index contributed by atoms with van der Waals surface area (Å²) in [7, 11) is 0. The summed E-state index contributed by atoms with van der Waals surface area (Å²) in [5.41, 5.74) is 0.0404. The van der Waals surface area contributed by atoms with Crippen molar-refractivity contribution in [3.05, 3.63) is 12.2 Å². The molecule has 0 heterocycles. The Bertz CT molecular complexity index is 442. The van der Waals surface area contributed by atoms with Crippen LogP contribution in [-0.4, -0.2) is 29.4 Å². The zero-order valence-electron chi connectivity index (χ0n) is 16.0. The van der Waals surface area contributed by atoms with Crippen LogP contribution in [0.2, 0.25) is 0 Å². The van der Waals surface area contributed by atoms with E-state index in [9.17, 15) is 9.59 Å². The standard InChI is InChI=1S/C20H34O3S/c1-6-7-12-23-18(22)10-13-24-16(3)14-17(21)19-15(2)9-8-11-20(19,4)5/h8-9,15-16,19H,6-7,10-14H2,1-5H3. The van der Waals surface area contributed by atoms with E-state index in [0.717, 1.165) is 25.0 Å². The van der Waals surface area contributed by atoms with Crippen LogP contribution in [0.1, 0.15) is 66.7 Å². The molecule has 0 N–H and O–H groups in total. The van der Waals surface area contributed by atoms with Crippen molar-refractivity contribution in [3.63, 3.8) is 0 Å². The summed E-state index contributed by atoms with van der Waals surface area (Å²) in [6.07, 6.45) is 8.33. The molecule has 0 fully saturated rings. The number of ether oxygens (including phenoxy) is 1. The minimum Gasteiger partial charge on any atom is -0.466 e. The molecular weight excluding hydrogens is 320 g/mol. The predicted molar refractivity (Wildman–Crippen MR) is 102 cm³/mol. The number of hydrogen-bond acceptors (Lipinski definition) is 4. The molecule has 3 unspecified atom stereocenters. The summed E-state index contributed by atoms with van der Waals surface area (Å²) < 4.78 is 5.16.